The standard InChI is InChI=1S/C22H28N4O2.HI/c1-23-22(24-13-5-15-28-19-10-8-18(27-2)9-11-19)25-14-12-17-16-26-21-7-4-3-6-20(17)21;/h3-4,6-11,16,26H,5,12-15H2,1-2H3,(H2,23,24,25);1H. The lowest BCUT2D eigenvalue weighted by Gasteiger charge is -2.12. The van der Waals surface area contributed by atoms with Gasteiger partial charge in [-0.2, -0.15) is 0 Å². The Balaban J connectivity index is 0.00000300. The van der Waals surface area contributed by atoms with E-state index in [9.17, 15) is 0 Å². The summed E-state index contributed by atoms with van der Waals surface area (Å²) in [6.45, 7) is 2.26. The SMILES string of the molecule is CN=C(NCCCOc1ccc(OC)cc1)NCCc1c[nH]c2ccccc12.I. The van der Waals surface area contributed by atoms with Gasteiger partial charge in [-0.15, -0.1) is 24.0 Å². The molecule has 0 spiro atoms. The van der Waals surface area contributed by atoms with Gasteiger partial charge in [0, 0.05) is 37.2 Å². The van der Waals surface area contributed by atoms with Crippen LogP contribution in [0.25, 0.3) is 10.9 Å². The zero-order valence-corrected chi connectivity index (χ0v) is 19.2. The van der Waals surface area contributed by atoms with Gasteiger partial charge in [0.1, 0.15) is 11.5 Å². The van der Waals surface area contributed by atoms with Gasteiger partial charge in [0.25, 0.3) is 0 Å². The summed E-state index contributed by atoms with van der Waals surface area (Å²) in [7, 11) is 3.44. The van der Waals surface area contributed by atoms with Crippen LogP contribution in [0.3, 0.4) is 0 Å². The molecular weight excluding hydrogens is 479 g/mol. The maximum Gasteiger partial charge on any atom is 0.190 e. The number of aliphatic imine (C=N–C) groups is 1. The molecule has 0 radical (unpaired) electrons. The molecule has 29 heavy (non-hydrogen) atoms. The highest BCUT2D eigenvalue weighted by Crippen LogP contribution is 2.18. The molecule has 3 aromatic rings. The Hall–Kier alpha value is -2.42. The lowest BCUT2D eigenvalue weighted by molar-refractivity contribution is 0.310. The number of rotatable bonds is 9. The molecule has 0 aliphatic carbocycles. The molecule has 0 aliphatic rings. The molecule has 1 aromatic heterocycles. The molecule has 0 aliphatic heterocycles. The normalized spacial score (nSPS) is 11.0. The second kappa shape index (κ2) is 12.2. The van der Waals surface area contributed by atoms with Crippen molar-refractivity contribution < 1.29 is 9.47 Å². The Kier molecular flexibility index (Phi) is 9.63. The van der Waals surface area contributed by atoms with Crippen molar-refractivity contribution in [2.24, 2.45) is 4.99 Å². The number of hydrogen-bond acceptors (Lipinski definition) is 3. The average molecular weight is 508 g/mol. The molecule has 0 saturated heterocycles. The van der Waals surface area contributed by atoms with Gasteiger partial charge in [-0.3, -0.25) is 4.99 Å². The van der Waals surface area contributed by atoms with E-state index in [2.05, 4.69) is 45.0 Å². The molecule has 156 valence electrons. The first-order valence-corrected chi connectivity index (χ1v) is 9.56. The summed E-state index contributed by atoms with van der Waals surface area (Å²) in [5.74, 6) is 2.49. The Bertz CT molecular complexity index is 893. The van der Waals surface area contributed by atoms with Crippen molar-refractivity contribution in [1.82, 2.24) is 15.6 Å². The number of hydrogen-bond donors (Lipinski definition) is 3. The van der Waals surface area contributed by atoms with Crippen LogP contribution >= 0.6 is 24.0 Å². The molecule has 0 bridgehead atoms. The van der Waals surface area contributed by atoms with E-state index in [0.29, 0.717) is 6.61 Å². The number of fused-ring (bicyclic) bond motifs is 1. The topological polar surface area (TPSA) is 70.7 Å². The van der Waals surface area contributed by atoms with E-state index >= 15 is 0 Å². The Morgan fingerprint density at radius 1 is 1.00 bits per heavy atom. The van der Waals surface area contributed by atoms with Crippen molar-refractivity contribution in [3.8, 4) is 11.5 Å². The van der Waals surface area contributed by atoms with Gasteiger partial charge in [-0.1, -0.05) is 18.2 Å². The van der Waals surface area contributed by atoms with Crippen LogP contribution in [0.4, 0.5) is 0 Å². The maximum absolute atomic E-state index is 5.73. The number of nitrogens with zero attached hydrogens (tertiary/aromatic N) is 1. The first-order valence-electron chi connectivity index (χ1n) is 9.56. The molecule has 7 heteroatoms. The summed E-state index contributed by atoms with van der Waals surface area (Å²) in [6, 6.07) is 16.0. The molecule has 6 nitrogen and oxygen atoms in total. The fourth-order valence-corrected chi connectivity index (χ4v) is 3.02. The van der Waals surface area contributed by atoms with Crippen molar-refractivity contribution in [1.29, 1.82) is 0 Å². The van der Waals surface area contributed by atoms with E-state index in [-0.39, 0.29) is 24.0 Å². The Morgan fingerprint density at radius 2 is 1.72 bits per heavy atom. The second-order valence-corrected chi connectivity index (χ2v) is 6.41. The van der Waals surface area contributed by atoms with Gasteiger partial charge in [-0.05, 0) is 48.7 Å². The number of methoxy groups -OCH3 is 1. The Labute approximate surface area is 189 Å². The summed E-state index contributed by atoms with van der Waals surface area (Å²) in [5.41, 5.74) is 2.49. The van der Waals surface area contributed by atoms with Crippen molar-refractivity contribution >= 4 is 40.8 Å². The van der Waals surface area contributed by atoms with E-state index in [1.54, 1.807) is 14.2 Å². The molecule has 0 amide bonds. The van der Waals surface area contributed by atoms with Crippen LogP contribution in [-0.2, 0) is 6.42 Å². The van der Waals surface area contributed by atoms with Gasteiger partial charge in [-0.25, -0.2) is 0 Å². The minimum absolute atomic E-state index is 0. The molecule has 0 atom stereocenters. The van der Waals surface area contributed by atoms with E-state index in [1.807, 2.05) is 30.3 Å². The number of benzene rings is 2. The van der Waals surface area contributed by atoms with Crippen molar-refractivity contribution in [2.75, 3.05) is 33.9 Å². The molecule has 0 unspecified atom stereocenters. The highest BCUT2D eigenvalue weighted by Gasteiger charge is 2.03. The Morgan fingerprint density at radius 3 is 2.48 bits per heavy atom. The van der Waals surface area contributed by atoms with Crippen LogP contribution in [-0.4, -0.2) is 44.8 Å². The summed E-state index contributed by atoms with van der Waals surface area (Å²) in [4.78, 5) is 7.59. The number of ether oxygens (including phenoxy) is 2. The fraction of sp³-hybridized carbons (Fsp3) is 0.318. The van der Waals surface area contributed by atoms with Crippen LogP contribution in [0.15, 0.2) is 59.7 Å². The quantitative estimate of drug-likeness (QED) is 0.177. The summed E-state index contributed by atoms with van der Waals surface area (Å²) in [6.07, 6.45) is 3.90. The summed E-state index contributed by atoms with van der Waals surface area (Å²) in [5, 5.41) is 7.97. The number of guanidine groups is 1. The molecule has 2 aromatic carbocycles. The third-order valence-corrected chi connectivity index (χ3v) is 4.53. The first kappa shape index (κ1) is 22.9. The van der Waals surface area contributed by atoms with Gasteiger partial charge >= 0.3 is 0 Å². The van der Waals surface area contributed by atoms with E-state index in [0.717, 1.165) is 43.4 Å². The largest absolute Gasteiger partial charge is 0.497 e. The molecule has 0 saturated carbocycles. The number of aromatic nitrogens is 1. The van der Waals surface area contributed by atoms with E-state index < -0.39 is 0 Å². The summed E-state index contributed by atoms with van der Waals surface area (Å²) < 4.78 is 10.9. The minimum atomic E-state index is 0. The monoisotopic (exact) mass is 508 g/mol. The molecule has 3 N–H and O–H groups in total. The van der Waals surface area contributed by atoms with Gasteiger partial charge < -0.3 is 25.1 Å². The average Bonchev–Trinajstić information content (AvgIpc) is 3.16. The predicted octanol–water partition coefficient (Wildman–Crippen LogP) is 3.97. The predicted molar refractivity (Wildman–Crippen MR) is 130 cm³/mol. The van der Waals surface area contributed by atoms with Crippen LogP contribution in [0, 0.1) is 0 Å². The lowest BCUT2D eigenvalue weighted by Crippen LogP contribution is -2.39. The van der Waals surface area contributed by atoms with Crippen molar-refractivity contribution in [2.45, 2.75) is 12.8 Å². The van der Waals surface area contributed by atoms with Gasteiger partial charge in [0.05, 0.1) is 13.7 Å². The number of aromatic amines is 1. The van der Waals surface area contributed by atoms with Gasteiger partial charge in [0.15, 0.2) is 5.96 Å². The number of halogens is 1. The third kappa shape index (κ3) is 6.85. The van der Waals surface area contributed by atoms with Crippen LogP contribution in [0.5, 0.6) is 11.5 Å². The van der Waals surface area contributed by atoms with Crippen molar-refractivity contribution in [3.63, 3.8) is 0 Å². The minimum Gasteiger partial charge on any atom is -0.497 e. The number of nitrogens with one attached hydrogen (secondary N) is 3. The second-order valence-electron chi connectivity index (χ2n) is 6.41. The van der Waals surface area contributed by atoms with Crippen LogP contribution in [0.2, 0.25) is 0 Å². The first-order chi connectivity index (χ1) is 13.8. The highest BCUT2D eigenvalue weighted by molar-refractivity contribution is 14.0. The highest BCUT2D eigenvalue weighted by atomic mass is 127. The van der Waals surface area contributed by atoms with Crippen LogP contribution < -0.4 is 20.1 Å². The maximum atomic E-state index is 5.73. The lowest BCUT2D eigenvalue weighted by atomic mass is 10.1. The number of H-pyrrole nitrogens is 1. The fourth-order valence-electron chi connectivity index (χ4n) is 3.02. The molecular formula is C22H29IN4O2. The van der Waals surface area contributed by atoms with Crippen LogP contribution in [0.1, 0.15) is 12.0 Å². The van der Waals surface area contributed by atoms with E-state index in [4.69, 9.17) is 9.47 Å². The number of para-hydroxylation sites is 1. The third-order valence-electron chi connectivity index (χ3n) is 4.53. The summed E-state index contributed by atoms with van der Waals surface area (Å²) >= 11 is 0. The van der Waals surface area contributed by atoms with Crippen molar-refractivity contribution in [3.05, 3.63) is 60.3 Å². The van der Waals surface area contributed by atoms with E-state index in [1.165, 1.54) is 16.5 Å². The molecule has 3 rings (SSSR count). The molecule has 0 fully saturated rings. The smallest absolute Gasteiger partial charge is 0.190 e. The zero-order valence-electron chi connectivity index (χ0n) is 16.9. The zero-order chi connectivity index (χ0) is 19.6. The molecule has 1 heterocycles. The van der Waals surface area contributed by atoms with Gasteiger partial charge in [0.2, 0.25) is 0 Å².